The molecule has 0 saturated carbocycles. The van der Waals surface area contributed by atoms with Crippen LogP contribution in [0.5, 0.6) is 0 Å². The molecule has 0 aliphatic rings. The van der Waals surface area contributed by atoms with Crippen LogP contribution < -0.4 is 10.8 Å². The number of carbonyl (C=O) groups is 1. The lowest BCUT2D eigenvalue weighted by molar-refractivity contribution is -0.0295. The van der Waals surface area contributed by atoms with Gasteiger partial charge in [-0.25, -0.2) is 14.9 Å². The molecule has 134 valence electrons. The molecule has 2 rings (SSSR count). The summed E-state index contributed by atoms with van der Waals surface area (Å²) in [6.45, 7) is -0.765. The van der Waals surface area contributed by atoms with E-state index in [0.717, 1.165) is 3.57 Å². The number of nitrogens with zero attached hydrogens (tertiary/aromatic N) is 1. The number of nitrogens with one attached hydrogen (secondary N) is 2. The third-order valence-electron chi connectivity index (χ3n) is 2.97. The van der Waals surface area contributed by atoms with Gasteiger partial charge in [-0.2, -0.15) is 0 Å². The van der Waals surface area contributed by atoms with Gasteiger partial charge in [0.15, 0.2) is 0 Å². The number of anilines is 2. The summed E-state index contributed by atoms with van der Waals surface area (Å²) < 4.78 is 15.1. The molecule has 0 spiro atoms. The van der Waals surface area contributed by atoms with E-state index in [1.54, 1.807) is 12.1 Å². The Morgan fingerprint density at radius 2 is 2.16 bits per heavy atom. The molecule has 0 radical (unpaired) electrons. The SMILES string of the molecule is O=C(NOC[C@H](O)CO)c1cc(Br)ncc1Nc1ccc(I)cc1F. The Morgan fingerprint density at radius 1 is 1.40 bits per heavy atom. The smallest absolute Gasteiger partial charge is 0.277 e. The Hall–Kier alpha value is -1.34. The number of hydrogen-bond donors (Lipinski definition) is 4. The van der Waals surface area contributed by atoms with Gasteiger partial charge in [0.2, 0.25) is 0 Å². The quantitative estimate of drug-likeness (QED) is 0.251. The summed E-state index contributed by atoms with van der Waals surface area (Å²) >= 11 is 5.16. The van der Waals surface area contributed by atoms with Gasteiger partial charge in [-0.15, -0.1) is 0 Å². The first-order valence-corrected chi connectivity index (χ1v) is 8.86. The van der Waals surface area contributed by atoms with Crippen LogP contribution in [0.3, 0.4) is 0 Å². The summed E-state index contributed by atoms with van der Waals surface area (Å²) in [6, 6.07) is 6.06. The number of aliphatic hydroxyl groups is 2. The van der Waals surface area contributed by atoms with E-state index >= 15 is 0 Å². The van der Waals surface area contributed by atoms with Gasteiger partial charge in [-0.05, 0) is 62.8 Å². The number of pyridine rings is 1. The predicted octanol–water partition coefficient (Wildman–Crippen LogP) is 2.35. The second-order valence-electron chi connectivity index (χ2n) is 4.88. The highest BCUT2D eigenvalue weighted by Crippen LogP contribution is 2.25. The minimum absolute atomic E-state index is 0.151. The van der Waals surface area contributed by atoms with Crippen molar-refractivity contribution in [3.05, 3.63) is 50.0 Å². The average molecular weight is 526 g/mol. The molecule has 0 saturated heterocycles. The lowest BCUT2D eigenvalue weighted by Crippen LogP contribution is -2.30. The van der Waals surface area contributed by atoms with Crippen LogP contribution >= 0.6 is 38.5 Å². The van der Waals surface area contributed by atoms with Crippen molar-refractivity contribution in [3.63, 3.8) is 0 Å². The molecule has 7 nitrogen and oxygen atoms in total. The number of benzene rings is 1. The summed E-state index contributed by atoms with van der Waals surface area (Å²) in [4.78, 5) is 21.1. The summed E-state index contributed by atoms with van der Waals surface area (Å²) in [5.74, 6) is -1.09. The largest absolute Gasteiger partial charge is 0.394 e. The molecule has 0 aliphatic heterocycles. The van der Waals surface area contributed by atoms with Crippen molar-refractivity contribution >= 4 is 55.8 Å². The molecule has 1 aromatic heterocycles. The molecule has 0 fully saturated rings. The van der Waals surface area contributed by atoms with Crippen LogP contribution in [0.4, 0.5) is 15.8 Å². The molecule has 1 atom stereocenters. The number of hydrogen-bond acceptors (Lipinski definition) is 6. The summed E-state index contributed by atoms with van der Waals surface area (Å²) in [5.41, 5.74) is 2.76. The third-order valence-corrected chi connectivity index (χ3v) is 4.07. The van der Waals surface area contributed by atoms with Gasteiger partial charge in [0.1, 0.15) is 23.1 Å². The van der Waals surface area contributed by atoms with Gasteiger partial charge >= 0.3 is 0 Å². The molecule has 10 heteroatoms. The monoisotopic (exact) mass is 525 g/mol. The van der Waals surface area contributed by atoms with E-state index in [9.17, 15) is 14.3 Å². The molecule has 4 N–H and O–H groups in total. The van der Waals surface area contributed by atoms with E-state index in [1.165, 1.54) is 18.3 Å². The molecule has 0 unspecified atom stereocenters. The van der Waals surface area contributed by atoms with E-state index in [0.29, 0.717) is 4.60 Å². The topological polar surface area (TPSA) is 104 Å². The summed E-state index contributed by atoms with van der Waals surface area (Å²) in [7, 11) is 0. The predicted molar refractivity (Wildman–Crippen MR) is 101 cm³/mol. The molecule has 1 amide bonds. The number of amides is 1. The lowest BCUT2D eigenvalue weighted by atomic mass is 10.2. The fourth-order valence-corrected chi connectivity index (χ4v) is 2.55. The molecule has 0 bridgehead atoms. The zero-order valence-corrected chi connectivity index (χ0v) is 16.4. The summed E-state index contributed by atoms with van der Waals surface area (Å²) in [6.07, 6.45) is 0.266. The Bertz CT molecular complexity index is 766. The van der Waals surface area contributed by atoms with Crippen LogP contribution in [-0.4, -0.2) is 40.4 Å². The highest BCUT2D eigenvalue weighted by atomic mass is 127. The van der Waals surface area contributed by atoms with Crippen LogP contribution in [0.15, 0.2) is 35.1 Å². The maximum Gasteiger partial charge on any atom is 0.277 e. The zero-order valence-electron chi connectivity index (χ0n) is 12.7. The number of hydroxylamine groups is 1. The third kappa shape index (κ3) is 5.85. The maximum atomic E-state index is 14.0. The highest BCUT2D eigenvalue weighted by Gasteiger charge is 2.15. The minimum Gasteiger partial charge on any atom is -0.394 e. The van der Waals surface area contributed by atoms with Gasteiger partial charge in [-0.3, -0.25) is 9.63 Å². The van der Waals surface area contributed by atoms with Gasteiger partial charge in [0.05, 0.1) is 29.7 Å². The molecular formula is C15H14BrFIN3O4. The normalized spacial score (nSPS) is 11.9. The fraction of sp³-hybridized carbons (Fsp3) is 0.200. The minimum atomic E-state index is -1.11. The standard InChI is InChI=1S/C15H14BrFIN3O4/c16-14-4-10(15(24)21-25-7-9(23)6-22)13(5-19-14)20-12-2-1-8(18)3-11(12)17/h1-5,9,20,22-23H,6-7H2,(H,21,24)/t9-/m1/s1. The van der Waals surface area contributed by atoms with Crippen LogP contribution in [0.1, 0.15) is 10.4 Å². The second-order valence-corrected chi connectivity index (χ2v) is 6.94. The van der Waals surface area contributed by atoms with Crippen molar-refractivity contribution in [2.24, 2.45) is 0 Å². The average Bonchev–Trinajstić information content (AvgIpc) is 2.58. The van der Waals surface area contributed by atoms with Gasteiger partial charge in [-0.1, -0.05) is 0 Å². The van der Waals surface area contributed by atoms with E-state index < -0.39 is 24.4 Å². The van der Waals surface area contributed by atoms with E-state index in [-0.39, 0.29) is 23.5 Å². The number of carbonyl (C=O) groups excluding carboxylic acids is 1. The zero-order chi connectivity index (χ0) is 18.4. The van der Waals surface area contributed by atoms with Crippen LogP contribution in [-0.2, 0) is 4.84 Å². The van der Waals surface area contributed by atoms with Crippen LogP contribution in [0.25, 0.3) is 0 Å². The van der Waals surface area contributed by atoms with Gasteiger partial charge in [0, 0.05) is 3.57 Å². The second kappa shape index (κ2) is 9.38. The first-order valence-electron chi connectivity index (χ1n) is 6.99. The molecule has 1 heterocycles. The molecule has 1 aromatic carbocycles. The highest BCUT2D eigenvalue weighted by molar-refractivity contribution is 14.1. The molecule has 25 heavy (non-hydrogen) atoms. The summed E-state index contributed by atoms with van der Waals surface area (Å²) in [5, 5.41) is 20.7. The fourth-order valence-electron chi connectivity index (χ4n) is 1.76. The van der Waals surface area contributed by atoms with E-state index in [2.05, 4.69) is 31.7 Å². The van der Waals surface area contributed by atoms with Crippen molar-refractivity contribution in [2.45, 2.75) is 6.10 Å². The Kier molecular flexibility index (Phi) is 7.50. The Labute approximate surface area is 164 Å². The van der Waals surface area contributed by atoms with Gasteiger partial charge < -0.3 is 15.5 Å². The number of rotatable bonds is 7. The number of aromatic nitrogens is 1. The van der Waals surface area contributed by atoms with E-state index in [4.69, 9.17) is 9.94 Å². The maximum absolute atomic E-state index is 14.0. The molecular weight excluding hydrogens is 512 g/mol. The number of halogens is 3. The lowest BCUT2D eigenvalue weighted by Gasteiger charge is -2.14. The van der Waals surface area contributed by atoms with Crippen molar-refractivity contribution in [3.8, 4) is 0 Å². The van der Waals surface area contributed by atoms with Crippen molar-refractivity contribution in [2.75, 3.05) is 18.5 Å². The van der Waals surface area contributed by atoms with Crippen LogP contribution in [0, 0.1) is 9.39 Å². The molecule has 0 aliphatic carbocycles. The van der Waals surface area contributed by atoms with Crippen molar-refractivity contribution < 1.29 is 24.2 Å². The first-order chi connectivity index (χ1) is 11.9. The van der Waals surface area contributed by atoms with Crippen molar-refractivity contribution in [1.82, 2.24) is 10.5 Å². The Morgan fingerprint density at radius 3 is 2.84 bits per heavy atom. The van der Waals surface area contributed by atoms with Gasteiger partial charge in [0.25, 0.3) is 5.91 Å². The Balaban J connectivity index is 2.17. The first kappa shape index (κ1) is 20.0. The number of aliphatic hydroxyl groups excluding tert-OH is 2. The van der Waals surface area contributed by atoms with E-state index in [1.807, 2.05) is 22.6 Å². The van der Waals surface area contributed by atoms with Crippen molar-refractivity contribution in [1.29, 1.82) is 0 Å². The van der Waals surface area contributed by atoms with Crippen LogP contribution in [0.2, 0.25) is 0 Å². The molecule has 2 aromatic rings.